The number of nitrogens with one attached hydrogen (secondary N) is 2. The highest BCUT2D eigenvalue weighted by molar-refractivity contribution is 7.93. The first kappa shape index (κ1) is 17.8. The first-order chi connectivity index (χ1) is 11.9. The minimum absolute atomic E-state index is 0. The van der Waals surface area contributed by atoms with Crippen LogP contribution in [0.25, 0.3) is 0 Å². The van der Waals surface area contributed by atoms with Crippen molar-refractivity contribution in [3.05, 3.63) is 35.8 Å². The first-order valence-corrected chi connectivity index (χ1v) is 10.3. The number of rotatable bonds is 6. The van der Waals surface area contributed by atoms with Gasteiger partial charge < -0.3 is 10.2 Å². The van der Waals surface area contributed by atoms with Crippen molar-refractivity contribution in [2.45, 2.75) is 37.2 Å². The van der Waals surface area contributed by atoms with E-state index in [0.717, 1.165) is 6.42 Å². The molecule has 25 heavy (non-hydrogen) atoms. The Morgan fingerprint density at radius 3 is 2.64 bits per heavy atom. The topological polar surface area (TPSA) is 91.4 Å². The van der Waals surface area contributed by atoms with E-state index in [-0.39, 0.29) is 24.3 Å². The zero-order chi connectivity index (χ0) is 18.0. The average Bonchev–Trinajstić information content (AvgIpc) is 3.18. The van der Waals surface area contributed by atoms with Crippen LogP contribution in [0.4, 0.5) is 10.8 Å². The molecule has 0 radical (unpaired) electrons. The molecule has 1 fully saturated rings. The number of anilines is 2. The van der Waals surface area contributed by atoms with Crippen LogP contribution >= 0.6 is 11.3 Å². The number of carbonyl (C=O) groups excluding carboxylic acids is 1. The standard InChI is InChI=1S/C16H20N4O3S2.H2/c1-11(2)18-14-7-9-20(15(14)21)12-3-5-13(6-4-12)25(22,23)19-16-17-8-10-24-16;/h3-6,8,10-11,14,18H,7,9H2,1-2H3,(H,17,19);1H/t14-;/m0./s1. The monoisotopic (exact) mass is 382 g/mol. The summed E-state index contributed by atoms with van der Waals surface area (Å²) in [5.74, 6) is 0.0187. The van der Waals surface area contributed by atoms with E-state index in [9.17, 15) is 13.2 Å². The molecule has 136 valence electrons. The molecule has 1 aliphatic rings. The van der Waals surface area contributed by atoms with E-state index in [2.05, 4.69) is 15.0 Å². The highest BCUT2D eigenvalue weighted by Crippen LogP contribution is 2.25. The van der Waals surface area contributed by atoms with Gasteiger partial charge in [-0.3, -0.25) is 9.52 Å². The van der Waals surface area contributed by atoms with Crippen LogP contribution in [0, 0.1) is 0 Å². The summed E-state index contributed by atoms with van der Waals surface area (Å²) in [7, 11) is -3.68. The van der Waals surface area contributed by atoms with E-state index in [1.807, 2.05) is 13.8 Å². The molecule has 0 bridgehead atoms. The molecule has 3 rings (SSSR count). The molecule has 2 aromatic rings. The number of sulfonamides is 1. The molecular formula is C16H22N4O3S2. The molecule has 0 spiro atoms. The van der Waals surface area contributed by atoms with Gasteiger partial charge in [-0.2, -0.15) is 0 Å². The lowest BCUT2D eigenvalue weighted by Gasteiger charge is -2.18. The van der Waals surface area contributed by atoms with Crippen molar-refractivity contribution < 1.29 is 14.6 Å². The summed E-state index contributed by atoms with van der Waals surface area (Å²) in [6, 6.07) is 6.37. The van der Waals surface area contributed by atoms with E-state index < -0.39 is 10.0 Å². The van der Waals surface area contributed by atoms with Gasteiger partial charge in [-0.25, -0.2) is 13.4 Å². The predicted octanol–water partition coefficient (Wildman–Crippen LogP) is 2.29. The summed E-state index contributed by atoms with van der Waals surface area (Å²) in [6.07, 6.45) is 2.27. The number of hydrogen-bond acceptors (Lipinski definition) is 6. The minimum Gasteiger partial charge on any atom is -0.311 e. The molecule has 0 aliphatic carbocycles. The Labute approximate surface area is 152 Å². The third kappa shape index (κ3) is 4.00. The summed E-state index contributed by atoms with van der Waals surface area (Å²) in [5, 5.41) is 5.27. The van der Waals surface area contributed by atoms with Crippen LogP contribution in [-0.2, 0) is 14.8 Å². The molecule has 1 saturated heterocycles. The summed E-state index contributed by atoms with van der Waals surface area (Å²) in [6.45, 7) is 4.63. The number of benzene rings is 1. The van der Waals surface area contributed by atoms with E-state index >= 15 is 0 Å². The second-order valence-corrected chi connectivity index (χ2v) is 8.67. The third-order valence-electron chi connectivity index (χ3n) is 3.85. The van der Waals surface area contributed by atoms with Gasteiger partial charge in [0.2, 0.25) is 5.91 Å². The normalized spacial score (nSPS) is 18.1. The average molecular weight is 383 g/mol. The molecule has 7 nitrogen and oxygen atoms in total. The second-order valence-electron chi connectivity index (χ2n) is 6.09. The quantitative estimate of drug-likeness (QED) is 0.800. The van der Waals surface area contributed by atoms with Gasteiger partial charge in [0.25, 0.3) is 10.0 Å². The molecule has 9 heteroatoms. The Morgan fingerprint density at radius 1 is 1.32 bits per heavy atom. The summed E-state index contributed by atoms with van der Waals surface area (Å²) in [5.41, 5.74) is 0.700. The Kier molecular flexibility index (Phi) is 5.07. The Bertz CT molecular complexity index is 839. The van der Waals surface area contributed by atoms with Gasteiger partial charge in [0.05, 0.1) is 10.9 Å². The highest BCUT2D eigenvalue weighted by Gasteiger charge is 2.32. The van der Waals surface area contributed by atoms with Crippen molar-refractivity contribution in [2.75, 3.05) is 16.2 Å². The fourth-order valence-electron chi connectivity index (χ4n) is 2.75. The molecule has 0 saturated carbocycles. The third-order valence-corrected chi connectivity index (χ3v) is 6.03. The predicted molar refractivity (Wildman–Crippen MR) is 101 cm³/mol. The summed E-state index contributed by atoms with van der Waals surface area (Å²) < 4.78 is 27.1. The number of aromatic nitrogens is 1. The zero-order valence-electron chi connectivity index (χ0n) is 14.0. The van der Waals surface area contributed by atoms with E-state index in [1.54, 1.807) is 22.4 Å². The van der Waals surface area contributed by atoms with Gasteiger partial charge in [-0.1, -0.05) is 13.8 Å². The first-order valence-electron chi connectivity index (χ1n) is 7.96. The van der Waals surface area contributed by atoms with Gasteiger partial charge in [-0.05, 0) is 30.7 Å². The fraction of sp³-hybridized carbons (Fsp3) is 0.375. The van der Waals surface area contributed by atoms with Gasteiger partial charge in [0.15, 0.2) is 5.13 Å². The van der Waals surface area contributed by atoms with Crippen molar-refractivity contribution >= 4 is 38.1 Å². The molecule has 1 amide bonds. The highest BCUT2D eigenvalue weighted by atomic mass is 32.2. The molecule has 2 heterocycles. The number of carbonyl (C=O) groups is 1. The largest absolute Gasteiger partial charge is 0.311 e. The molecule has 1 aromatic carbocycles. The lowest BCUT2D eigenvalue weighted by Crippen LogP contribution is -2.41. The maximum absolute atomic E-state index is 12.5. The number of amides is 1. The van der Waals surface area contributed by atoms with Gasteiger partial charge in [0, 0.05) is 31.3 Å². The number of thiazole rings is 1. The molecule has 0 unspecified atom stereocenters. The van der Waals surface area contributed by atoms with Crippen molar-refractivity contribution in [3.63, 3.8) is 0 Å². The lowest BCUT2D eigenvalue weighted by molar-refractivity contribution is -0.118. The van der Waals surface area contributed by atoms with Crippen molar-refractivity contribution in [1.29, 1.82) is 0 Å². The number of nitrogens with zero attached hydrogens (tertiary/aromatic N) is 2. The fourth-order valence-corrected chi connectivity index (χ4v) is 4.53. The van der Waals surface area contributed by atoms with Crippen LogP contribution < -0.4 is 14.9 Å². The van der Waals surface area contributed by atoms with Crippen molar-refractivity contribution in [3.8, 4) is 0 Å². The maximum Gasteiger partial charge on any atom is 0.263 e. The van der Waals surface area contributed by atoms with Crippen molar-refractivity contribution in [2.24, 2.45) is 0 Å². The zero-order valence-corrected chi connectivity index (χ0v) is 15.6. The van der Waals surface area contributed by atoms with E-state index in [0.29, 0.717) is 17.4 Å². The SMILES string of the molecule is CC(C)N[C@H]1CCN(c2ccc(S(=O)(=O)Nc3nccs3)cc2)C1=O.[HH]. The summed E-state index contributed by atoms with van der Waals surface area (Å²) in [4.78, 5) is 18.2. The van der Waals surface area contributed by atoms with Crippen molar-refractivity contribution in [1.82, 2.24) is 10.3 Å². The van der Waals surface area contributed by atoms with Gasteiger partial charge in [0.1, 0.15) is 0 Å². The Hall–Kier alpha value is -1.97. The second kappa shape index (κ2) is 7.11. The van der Waals surface area contributed by atoms with E-state index in [1.165, 1.54) is 29.7 Å². The van der Waals surface area contributed by atoms with Gasteiger partial charge >= 0.3 is 0 Å². The van der Waals surface area contributed by atoms with Crippen LogP contribution in [0.2, 0.25) is 0 Å². The smallest absolute Gasteiger partial charge is 0.263 e. The lowest BCUT2D eigenvalue weighted by atomic mass is 10.2. The molecule has 1 aliphatic heterocycles. The Balaban J connectivity index is 0.00000243. The van der Waals surface area contributed by atoms with Crippen LogP contribution in [-0.4, -0.2) is 37.9 Å². The summed E-state index contributed by atoms with van der Waals surface area (Å²) >= 11 is 1.21. The van der Waals surface area contributed by atoms with Crippen LogP contribution in [0.5, 0.6) is 0 Å². The minimum atomic E-state index is -3.68. The van der Waals surface area contributed by atoms with Crippen LogP contribution in [0.1, 0.15) is 21.7 Å². The van der Waals surface area contributed by atoms with Gasteiger partial charge in [-0.15, -0.1) is 11.3 Å². The maximum atomic E-state index is 12.5. The van der Waals surface area contributed by atoms with E-state index in [4.69, 9.17) is 0 Å². The molecule has 1 aromatic heterocycles. The molecular weight excluding hydrogens is 360 g/mol. The Morgan fingerprint density at radius 2 is 2.04 bits per heavy atom. The number of hydrogen-bond donors (Lipinski definition) is 2. The molecule has 2 N–H and O–H groups in total. The molecule has 1 atom stereocenters. The van der Waals surface area contributed by atoms with Crippen LogP contribution in [0.3, 0.4) is 0 Å². The van der Waals surface area contributed by atoms with Crippen LogP contribution in [0.15, 0.2) is 40.7 Å².